The zero-order valence-corrected chi connectivity index (χ0v) is 11.9. The number of imide groups is 1. The van der Waals surface area contributed by atoms with Crippen molar-refractivity contribution in [3.63, 3.8) is 0 Å². The molecule has 0 saturated heterocycles. The predicted octanol–water partition coefficient (Wildman–Crippen LogP) is 1.74. The minimum Gasteiger partial charge on any atom is -0.480 e. The van der Waals surface area contributed by atoms with Crippen LogP contribution in [0.3, 0.4) is 0 Å². The van der Waals surface area contributed by atoms with Gasteiger partial charge in [-0.25, -0.2) is 0 Å². The summed E-state index contributed by atoms with van der Waals surface area (Å²) in [5.74, 6) is -1.62. The summed E-state index contributed by atoms with van der Waals surface area (Å²) in [5.41, 5.74) is 6.48. The molecule has 1 aliphatic rings. The average molecular weight is 312 g/mol. The Morgan fingerprint density at radius 2 is 1.61 bits per heavy atom. The molecule has 116 valence electrons. The van der Waals surface area contributed by atoms with Crippen LogP contribution in [0.1, 0.15) is 20.7 Å². The van der Waals surface area contributed by atoms with Crippen molar-refractivity contribution in [1.29, 1.82) is 0 Å². The topological polar surface area (TPSA) is 110 Å². The van der Waals surface area contributed by atoms with Crippen LogP contribution in [0.4, 0.5) is 5.69 Å². The lowest BCUT2D eigenvalue weighted by Crippen LogP contribution is -2.34. The summed E-state index contributed by atoms with van der Waals surface area (Å²) < 4.78 is 5.60. The van der Waals surface area contributed by atoms with E-state index in [0.717, 1.165) is 0 Å². The molecule has 2 aromatic rings. The number of anilines is 1. The van der Waals surface area contributed by atoms with E-state index in [1.807, 2.05) is 0 Å². The molecule has 3 rings (SSSR count). The number of carboxylic acid groups (broad SMARTS) is 1. The number of nitrogens with zero attached hydrogens (tertiary/aromatic N) is 1. The zero-order chi connectivity index (χ0) is 16.6. The van der Waals surface area contributed by atoms with Crippen molar-refractivity contribution in [2.24, 2.45) is 0 Å². The molecule has 1 aliphatic heterocycles. The van der Waals surface area contributed by atoms with Crippen LogP contribution in [0, 0.1) is 0 Å². The number of fused-ring (bicyclic) bond motifs is 1. The van der Waals surface area contributed by atoms with Crippen molar-refractivity contribution in [1.82, 2.24) is 4.90 Å². The van der Waals surface area contributed by atoms with E-state index < -0.39 is 24.3 Å². The van der Waals surface area contributed by atoms with E-state index in [1.54, 1.807) is 30.3 Å². The van der Waals surface area contributed by atoms with Crippen molar-refractivity contribution in [3.05, 3.63) is 53.6 Å². The van der Waals surface area contributed by atoms with Gasteiger partial charge in [0.25, 0.3) is 11.8 Å². The van der Waals surface area contributed by atoms with Gasteiger partial charge in [-0.3, -0.25) is 19.3 Å². The quantitative estimate of drug-likeness (QED) is 0.657. The van der Waals surface area contributed by atoms with Gasteiger partial charge in [-0.05, 0) is 42.5 Å². The number of aliphatic carboxylic acids is 1. The van der Waals surface area contributed by atoms with Gasteiger partial charge in [-0.1, -0.05) is 0 Å². The Hall–Kier alpha value is -3.35. The summed E-state index contributed by atoms with van der Waals surface area (Å²) in [7, 11) is 0. The standard InChI is InChI=1S/C16H12N2O5/c17-9-1-3-10(4-2-9)23-11-5-6-12-13(7-11)16(22)18(15(12)21)8-14(19)20/h1-7H,8,17H2,(H,19,20). The largest absolute Gasteiger partial charge is 0.480 e. The first kappa shape index (κ1) is 14.6. The van der Waals surface area contributed by atoms with Gasteiger partial charge in [-0.15, -0.1) is 0 Å². The molecule has 0 fully saturated rings. The third-order valence-electron chi connectivity index (χ3n) is 3.35. The molecule has 0 atom stereocenters. The van der Waals surface area contributed by atoms with Crippen LogP contribution >= 0.6 is 0 Å². The van der Waals surface area contributed by atoms with Gasteiger partial charge in [-0.2, -0.15) is 0 Å². The van der Waals surface area contributed by atoms with Crippen molar-refractivity contribution in [2.45, 2.75) is 0 Å². The van der Waals surface area contributed by atoms with Crippen LogP contribution in [0.25, 0.3) is 0 Å². The number of carboxylic acids is 1. The Bertz CT molecular complexity index is 814. The number of carbonyl (C=O) groups excluding carboxylic acids is 2. The Morgan fingerprint density at radius 3 is 2.26 bits per heavy atom. The molecule has 0 spiro atoms. The SMILES string of the molecule is Nc1ccc(Oc2ccc3c(c2)C(=O)N(CC(=O)O)C3=O)cc1. The number of rotatable bonds is 4. The maximum atomic E-state index is 12.2. The molecule has 0 bridgehead atoms. The average Bonchev–Trinajstić information content (AvgIpc) is 2.74. The van der Waals surface area contributed by atoms with Gasteiger partial charge in [0, 0.05) is 5.69 Å². The van der Waals surface area contributed by atoms with Gasteiger partial charge in [0.2, 0.25) is 0 Å². The number of nitrogens with two attached hydrogens (primary N) is 1. The summed E-state index contributed by atoms with van der Waals surface area (Å²) in [6.45, 7) is -0.666. The number of carbonyl (C=O) groups is 3. The van der Waals surface area contributed by atoms with Crippen molar-refractivity contribution in [2.75, 3.05) is 12.3 Å². The smallest absolute Gasteiger partial charge is 0.323 e. The van der Waals surface area contributed by atoms with Crippen molar-refractivity contribution in [3.8, 4) is 11.5 Å². The van der Waals surface area contributed by atoms with Crippen LogP contribution in [-0.4, -0.2) is 34.3 Å². The highest BCUT2D eigenvalue weighted by Gasteiger charge is 2.36. The van der Waals surface area contributed by atoms with E-state index in [4.69, 9.17) is 15.6 Å². The Balaban J connectivity index is 1.88. The van der Waals surface area contributed by atoms with E-state index in [0.29, 0.717) is 22.1 Å². The fourth-order valence-electron chi connectivity index (χ4n) is 2.28. The molecule has 0 aromatic heterocycles. The lowest BCUT2D eigenvalue weighted by molar-refractivity contribution is -0.137. The van der Waals surface area contributed by atoms with Gasteiger partial charge in [0.05, 0.1) is 11.1 Å². The summed E-state index contributed by atoms with van der Waals surface area (Å²) in [6.07, 6.45) is 0. The molecule has 7 heteroatoms. The summed E-state index contributed by atoms with van der Waals surface area (Å²) >= 11 is 0. The van der Waals surface area contributed by atoms with Crippen LogP contribution < -0.4 is 10.5 Å². The number of ether oxygens (including phenoxy) is 1. The second kappa shape index (κ2) is 5.45. The van der Waals surface area contributed by atoms with E-state index in [9.17, 15) is 14.4 Å². The zero-order valence-electron chi connectivity index (χ0n) is 11.9. The third kappa shape index (κ3) is 2.71. The molecule has 0 unspecified atom stereocenters. The molecular formula is C16H12N2O5. The van der Waals surface area contributed by atoms with Gasteiger partial charge in [0.1, 0.15) is 18.0 Å². The second-order valence-electron chi connectivity index (χ2n) is 4.97. The summed E-state index contributed by atoms with van der Waals surface area (Å²) in [6, 6.07) is 11.1. The van der Waals surface area contributed by atoms with Gasteiger partial charge >= 0.3 is 5.97 Å². The Morgan fingerprint density at radius 1 is 1.00 bits per heavy atom. The lowest BCUT2D eigenvalue weighted by Gasteiger charge is -2.09. The van der Waals surface area contributed by atoms with Gasteiger partial charge in [0.15, 0.2) is 0 Å². The first-order chi connectivity index (χ1) is 11.0. The molecule has 3 N–H and O–H groups in total. The minimum atomic E-state index is -1.25. The summed E-state index contributed by atoms with van der Waals surface area (Å²) in [5, 5.41) is 8.78. The van der Waals surface area contributed by atoms with E-state index in [-0.39, 0.29) is 11.1 Å². The minimum absolute atomic E-state index is 0.129. The number of nitrogen functional groups attached to an aromatic ring is 1. The third-order valence-corrected chi connectivity index (χ3v) is 3.35. The maximum Gasteiger partial charge on any atom is 0.323 e. The summed E-state index contributed by atoms with van der Waals surface area (Å²) in [4.78, 5) is 35.6. The molecule has 7 nitrogen and oxygen atoms in total. The highest BCUT2D eigenvalue weighted by atomic mass is 16.5. The highest BCUT2D eigenvalue weighted by Crippen LogP contribution is 2.29. The number of benzene rings is 2. The van der Waals surface area contributed by atoms with Crippen LogP contribution in [0.5, 0.6) is 11.5 Å². The fraction of sp³-hybridized carbons (Fsp3) is 0.0625. The number of hydrogen-bond donors (Lipinski definition) is 2. The van der Waals surface area contributed by atoms with E-state index in [1.165, 1.54) is 12.1 Å². The molecule has 0 radical (unpaired) electrons. The van der Waals surface area contributed by atoms with Crippen molar-refractivity contribution < 1.29 is 24.2 Å². The lowest BCUT2D eigenvalue weighted by atomic mass is 10.1. The van der Waals surface area contributed by atoms with E-state index >= 15 is 0 Å². The monoisotopic (exact) mass is 312 g/mol. The van der Waals surface area contributed by atoms with Crippen LogP contribution in [-0.2, 0) is 4.79 Å². The molecule has 23 heavy (non-hydrogen) atoms. The number of amides is 2. The molecule has 1 heterocycles. The normalized spacial score (nSPS) is 13.1. The fourth-order valence-corrected chi connectivity index (χ4v) is 2.28. The molecule has 2 amide bonds. The first-order valence-electron chi connectivity index (χ1n) is 6.71. The van der Waals surface area contributed by atoms with E-state index in [2.05, 4.69) is 0 Å². The second-order valence-corrected chi connectivity index (χ2v) is 4.97. The first-order valence-corrected chi connectivity index (χ1v) is 6.71. The highest BCUT2D eigenvalue weighted by molar-refractivity contribution is 6.22. The molecule has 0 saturated carbocycles. The molecule has 0 aliphatic carbocycles. The Kier molecular flexibility index (Phi) is 3.46. The Labute approximate surface area is 130 Å². The predicted molar refractivity (Wildman–Crippen MR) is 80.4 cm³/mol. The number of hydrogen-bond acceptors (Lipinski definition) is 5. The molecular weight excluding hydrogens is 300 g/mol. The van der Waals surface area contributed by atoms with Crippen LogP contribution in [0.2, 0.25) is 0 Å². The molecule has 2 aromatic carbocycles. The van der Waals surface area contributed by atoms with Crippen LogP contribution in [0.15, 0.2) is 42.5 Å². The maximum absolute atomic E-state index is 12.2. The van der Waals surface area contributed by atoms with Crippen molar-refractivity contribution >= 4 is 23.5 Å². The van der Waals surface area contributed by atoms with Gasteiger partial charge < -0.3 is 15.6 Å².